The van der Waals surface area contributed by atoms with Crippen LogP contribution < -0.4 is 0 Å². The predicted molar refractivity (Wildman–Crippen MR) is 138 cm³/mol. The van der Waals surface area contributed by atoms with Gasteiger partial charge in [-0.1, -0.05) is 101 Å². The quantitative estimate of drug-likeness (QED) is 0.285. The lowest BCUT2D eigenvalue weighted by Crippen LogP contribution is -2.40. The van der Waals surface area contributed by atoms with Gasteiger partial charge in [0.2, 0.25) is 0 Å². The fraction of sp³-hybridized carbons (Fsp3) is 0.613. The molecule has 0 nitrogen and oxygen atoms in total. The molecule has 0 bridgehead atoms. The zero-order valence-electron chi connectivity index (χ0n) is 22.4. The highest BCUT2D eigenvalue weighted by Gasteiger charge is 2.53. The van der Waals surface area contributed by atoms with E-state index in [1.165, 1.54) is 43.5 Å². The lowest BCUT2D eigenvalue weighted by atomic mass is 9.73. The van der Waals surface area contributed by atoms with E-state index in [1.807, 2.05) is 6.92 Å². The largest absolute Gasteiger partial charge is 0.402 e. The van der Waals surface area contributed by atoms with Crippen LogP contribution in [0, 0.1) is 11.8 Å². The molecule has 4 unspecified atom stereocenters. The highest BCUT2D eigenvalue weighted by atomic mass is 19.4. The van der Waals surface area contributed by atoms with E-state index in [4.69, 9.17) is 0 Å². The summed E-state index contributed by atoms with van der Waals surface area (Å²) in [6.07, 6.45) is -1.29. The third-order valence-corrected chi connectivity index (χ3v) is 8.72. The van der Waals surface area contributed by atoms with E-state index >= 15 is 0 Å². The minimum atomic E-state index is -4.62. The van der Waals surface area contributed by atoms with Gasteiger partial charge in [-0.2, -0.15) is 26.3 Å². The maximum Gasteiger partial charge on any atom is 0.402 e. The van der Waals surface area contributed by atoms with Gasteiger partial charge in [0.15, 0.2) is 0 Å². The van der Waals surface area contributed by atoms with Crippen LogP contribution in [0.3, 0.4) is 0 Å². The van der Waals surface area contributed by atoms with Crippen LogP contribution in [0.25, 0.3) is 0 Å². The monoisotopic (exact) mass is 526 g/mol. The van der Waals surface area contributed by atoms with E-state index < -0.39 is 29.6 Å². The van der Waals surface area contributed by atoms with Crippen LogP contribution in [0.4, 0.5) is 26.3 Å². The summed E-state index contributed by atoms with van der Waals surface area (Å²) in [7, 11) is 0. The van der Waals surface area contributed by atoms with E-state index in [0.29, 0.717) is 18.8 Å². The van der Waals surface area contributed by atoms with Crippen molar-refractivity contribution >= 4 is 0 Å². The molecule has 0 radical (unpaired) electrons. The molecule has 1 saturated carbocycles. The number of alkyl halides is 6. The number of halogens is 6. The first-order valence-corrected chi connectivity index (χ1v) is 13.6. The normalized spacial score (nSPS) is 19.7. The van der Waals surface area contributed by atoms with Crippen LogP contribution in [0.2, 0.25) is 0 Å². The minimum absolute atomic E-state index is 0.0148. The Morgan fingerprint density at radius 2 is 1.24 bits per heavy atom. The zero-order chi connectivity index (χ0) is 27.4. The van der Waals surface area contributed by atoms with E-state index in [2.05, 4.69) is 6.92 Å². The molecular formula is C31H40F6. The first-order valence-electron chi connectivity index (χ1n) is 13.6. The highest BCUT2D eigenvalue weighted by Crippen LogP contribution is 2.48. The molecule has 0 aliphatic heterocycles. The molecule has 0 amide bonds. The number of unbranched alkanes of at least 4 members (excludes halogenated alkanes) is 1. The molecule has 0 saturated heterocycles. The van der Waals surface area contributed by atoms with Gasteiger partial charge in [-0.05, 0) is 66.2 Å². The fourth-order valence-corrected chi connectivity index (χ4v) is 6.08. The van der Waals surface area contributed by atoms with Crippen molar-refractivity contribution in [3.05, 3.63) is 70.8 Å². The second-order valence-corrected chi connectivity index (χ2v) is 11.2. The van der Waals surface area contributed by atoms with Gasteiger partial charge in [0, 0.05) is 0 Å². The van der Waals surface area contributed by atoms with Gasteiger partial charge in [0.05, 0.1) is 5.92 Å². The van der Waals surface area contributed by atoms with Crippen LogP contribution in [0.5, 0.6) is 0 Å². The van der Waals surface area contributed by atoms with E-state index in [-0.39, 0.29) is 22.6 Å². The Balaban J connectivity index is 1.93. The Morgan fingerprint density at radius 1 is 0.757 bits per heavy atom. The average molecular weight is 527 g/mol. The molecule has 1 aliphatic carbocycles. The summed E-state index contributed by atoms with van der Waals surface area (Å²) in [5, 5.41) is 0. The van der Waals surface area contributed by atoms with Gasteiger partial charge in [-0.15, -0.1) is 0 Å². The molecular weight excluding hydrogens is 486 g/mol. The Hall–Kier alpha value is -1.98. The van der Waals surface area contributed by atoms with E-state index in [1.54, 1.807) is 31.2 Å². The van der Waals surface area contributed by atoms with Gasteiger partial charge >= 0.3 is 12.4 Å². The van der Waals surface area contributed by atoms with Crippen LogP contribution in [-0.2, 0) is 5.41 Å². The standard InChI is InChI=1S/C31H40F6/c1-5-6-10-21(2)28(30(32,33)34)25-15-19-27(20-16-25)29(4,31(35,36)37)26-17-13-24(14-18-26)22(3)23-11-8-7-9-12-23/h13-23,28H,5-12H2,1-4H3. The van der Waals surface area contributed by atoms with Crippen molar-refractivity contribution in [3.63, 3.8) is 0 Å². The maximum absolute atomic E-state index is 14.6. The number of benzene rings is 2. The van der Waals surface area contributed by atoms with Crippen molar-refractivity contribution in [2.75, 3.05) is 0 Å². The summed E-state index contributed by atoms with van der Waals surface area (Å²) < 4.78 is 85.5. The van der Waals surface area contributed by atoms with Crippen molar-refractivity contribution in [3.8, 4) is 0 Å². The summed E-state index contributed by atoms with van der Waals surface area (Å²) in [6.45, 7) is 6.75. The molecule has 37 heavy (non-hydrogen) atoms. The van der Waals surface area contributed by atoms with Crippen molar-refractivity contribution in [1.82, 2.24) is 0 Å². The highest BCUT2D eigenvalue weighted by molar-refractivity contribution is 5.43. The topological polar surface area (TPSA) is 0 Å². The molecule has 0 spiro atoms. The number of rotatable bonds is 9. The number of hydrogen-bond acceptors (Lipinski definition) is 0. The SMILES string of the molecule is CCCCC(C)C(c1ccc(C(C)(c2ccc(C(C)C3CCCCC3)cc2)C(F)(F)F)cc1)C(F)(F)F. The van der Waals surface area contributed by atoms with Crippen LogP contribution >= 0.6 is 0 Å². The summed E-state index contributed by atoms with van der Waals surface area (Å²) in [4.78, 5) is 0. The van der Waals surface area contributed by atoms with Gasteiger partial charge in [0.1, 0.15) is 5.41 Å². The molecule has 2 aromatic carbocycles. The minimum Gasteiger partial charge on any atom is -0.170 e. The van der Waals surface area contributed by atoms with Gasteiger partial charge in [-0.3, -0.25) is 0 Å². The predicted octanol–water partition coefficient (Wildman–Crippen LogP) is 10.7. The molecule has 206 valence electrons. The van der Waals surface area contributed by atoms with Gasteiger partial charge < -0.3 is 0 Å². The maximum atomic E-state index is 14.6. The van der Waals surface area contributed by atoms with Crippen molar-refractivity contribution in [2.24, 2.45) is 11.8 Å². The fourth-order valence-electron chi connectivity index (χ4n) is 6.08. The van der Waals surface area contributed by atoms with Crippen molar-refractivity contribution in [2.45, 2.75) is 109 Å². The van der Waals surface area contributed by atoms with Crippen LogP contribution in [0.15, 0.2) is 48.5 Å². The Labute approximate surface area is 217 Å². The number of hydrogen-bond donors (Lipinski definition) is 0. The average Bonchev–Trinajstić information content (AvgIpc) is 2.86. The molecule has 0 N–H and O–H groups in total. The molecule has 6 heteroatoms. The summed E-state index contributed by atoms with van der Waals surface area (Å²) >= 11 is 0. The summed E-state index contributed by atoms with van der Waals surface area (Å²) in [5.41, 5.74) is -1.25. The molecule has 1 aliphatic rings. The summed E-state index contributed by atoms with van der Waals surface area (Å²) in [6, 6.07) is 11.6. The van der Waals surface area contributed by atoms with Crippen LogP contribution in [0.1, 0.15) is 113 Å². The molecule has 2 aromatic rings. The third kappa shape index (κ3) is 6.54. The molecule has 3 rings (SSSR count). The van der Waals surface area contributed by atoms with Gasteiger partial charge in [-0.25, -0.2) is 0 Å². The zero-order valence-corrected chi connectivity index (χ0v) is 22.4. The Bertz CT molecular complexity index is 967. The lowest BCUT2D eigenvalue weighted by molar-refractivity contribution is -0.173. The molecule has 1 fully saturated rings. The molecule has 4 atom stereocenters. The second kappa shape index (κ2) is 11.8. The third-order valence-electron chi connectivity index (χ3n) is 8.72. The van der Waals surface area contributed by atoms with E-state index in [0.717, 1.165) is 31.7 Å². The Morgan fingerprint density at radius 3 is 1.68 bits per heavy atom. The first-order chi connectivity index (χ1) is 17.3. The first kappa shape index (κ1) is 29.6. The molecule has 0 aromatic heterocycles. The second-order valence-electron chi connectivity index (χ2n) is 11.2. The van der Waals surface area contributed by atoms with Gasteiger partial charge in [0.25, 0.3) is 0 Å². The molecule has 0 heterocycles. The summed E-state index contributed by atoms with van der Waals surface area (Å²) in [5.74, 6) is -1.54. The van der Waals surface area contributed by atoms with Crippen molar-refractivity contribution < 1.29 is 26.3 Å². The van der Waals surface area contributed by atoms with E-state index in [9.17, 15) is 26.3 Å². The van der Waals surface area contributed by atoms with Crippen molar-refractivity contribution in [1.29, 1.82) is 0 Å². The lowest BCUT2D eigenvalue weighted by Gasteiger charge is -2.34. The Kier molecular flexibility index (Phi) is 9.45. The van der Waals surface area contributed by atoms with Crippen LogP contribution in [-0.4, -0.2) is 12.4 Å². The smallest absolute Gasteiger partial charge is 0.170 e.